The van der Waals surface area contributed by atoms with E-state index >= 15 is 0 Å². The molecule has 0 bridgehead atoms. The van der Waals surface area contributed by atoms with Crippen LogP contribution in [0.1, 0.15) is 6.92 Å². The third-order valence-corrected chi connectivity index (χ3v) is 1.46. The molecule has 0 heterocycles. The van der Waals surface area contributed by atoms with Gasteiger partial charge in [-0.2, -0.15) is 0 Å². The fraction of sp³-hybridized carbons (Fsp3) is 0.200. The Morgan fingerprint density at radius 2 is 2.00 bits per heavy atom. The maximum atomic E-state index is 10.1. The normalized spacial score (nSPS) is 12.8. The molecule has 0 aromatic rings. The first-order valence-corrected chi connectivity index (χ1v) is 3.12. The molecule has 0 aliphatic carbocycles. The van der Waals surface area contributed by atoms with Gasteiger partial charge in [-0.05, 0) is 12.5 Å². The molecule has 0 spiro atoms. The Morgan fingerprint density at radius 3 is 2.00 bits per heavy atom. The molecule has 2 nitrogen and oxygen atoms in total. The third-order valence-electron chi connectivity index (χ3n) is 0.687. The molecule has 1 N–H and O–H groups in total. The molecule has 0 saturated heterocycles. The fourth-order valence-corrected chi connectivity index (χ4v) is 0.447. The van der Waals surface area contributed by atoms with Crippen LogP contribution in [0.5, 0.6) is 0 Å². The largest absolute Gasteiger partial charge is 0.302 e. The molecule has 1 unspecified atom stereocenters. The second kappa shape index (κ2) is 2.79. The van der Waals surface area contributed by atoms with Gasteiger partial charge < -0.3 is 4.55 Å². The quantitative estimate of drug-likeness (QED) is 0.454. The van der Waals surface area contributed by atoms with Gasteiger partial charge in [0.05, 0.1) is 4.91 Å². The Morgan fingerprint density at radius 1 is 1.62 bits per heavy atom. The first-order valence-electron chi connectivity index (χ1n) is 2.01. The van der Waals surface area contributed by atoms with Gasteiger partial charge in [-0.1, -0.05) is 13.2 Å². The summed E-state index contributed by atoms with van der Waals surface area (Å²) in [5.74, 6) is 0. The zero-order valence-electron chi connectivity index (χ0n) is 4.68. The van der Waals surface area contributed by atoms with Crippen LogP contribution in [0.4, 0.5) is 0 Å². The van der Waals surface area contributed by atoms with Crippen LogP contribution in [-0.2, 0) is 11.1 Å². The average molecular weight is 132 g/mol. The molecule has 0 radical (unpaired) electrons. The van der Waals surface area contributed by atoms with Crippen molar-refractivity contribution in [2.45, 2.75) is 6.92 Å². The Bertz CT molecular complexity index is 133. The molecular weight excluding hydrogens is 124 g/mol. The van der Waals surface area contributed by atoms with Crippen molar-refractivity contribution in [3.63, 3.8) is 0 Å². The minimum Gasteiger partial charge on any atom is -0.302 e. The van der Waals surface area contributed by atoms with E-state index in [-0.39, 0.29) is 4.91 Å². The van der Waals surface area contributed by atoms with Crippen molar-refractivity contribution in [2.75, 3.05) is 0 Å². The summed E-state index contributed by atoms with van der Waals surface area (Å²) in [7, 11) is 0. The molecule has 3 heteroatoms. The van der Waals surface area contributed by atoms with Crippen LogP contribution < -0.4 is 0 Å². The van der Waals surface area contributed by atoms with Crippen molar-refractivity contribution in [3.8, 4) is 0 Å². The third kappa shape index (κ3) is 2.04. The summed E-state index contributed by atoms with van der Waals surface area (Å²) in [6.45, 7) is 8.36. The summed E-state index contributed by atoms with van der Waals surface area (Å²) in [6.07, 6.45) is 0. The van der Waals surface area contributed by atoms with Gasteiger partial charge in [0.1, 0.15) is 0 Å². The van der Waals surface area contributed by atoms with Crippen molar-refractivity contribution in [2.24, 2.45) is 0 Å². The lowest BCUT2D eigenvalue weighted by Crippen LogP contribution is -1.90. The van der Waals surface area contributed by atoms with Crippen LogP contribution in [0.2, 0.25) is 0 Å². The minimum absolute atomic E-state index is 0.185. The molecule has 0 amide bonds. The summed E-state index contributed by atoms with van der Waals surface area (Å²) in [6, 6.07) is 0. The fourth-order valence-electron chi connectivity index (χ4n) is 0.149. The Kier molecular flexibility index (Phi) is 2.65. The van der Waals surface area contributed by atoms with Crippen molar-refractivity contribution in [3.05, 3.63) is 23.6 Å². The van der Waals surface area contributed by atoms with E-state index in [1.54, 1.807) is 6.92 Å². The molecule has 8 heavy (non-hydrogen) atoms. The van der Waals surface area contributed by atoms with Gasteiger partial charge in [-0.15, -0.1) is 0 Å². The predicted octanol–water partition coefficient (Wildman–Crippen LogP) is 1.30. The molecule has 0 aromatic carbocycles. The van der Waals surface area contributed by atoms with Crippen molar-refractivity contribution in [1.82, 2.24) is 0 Å². The van der Waals surface area contributed by atoms with Gasteiger partial charge >= 0.3 is 0 Å². The second-order valence-corrected chi connectivity index (χ2v) is 2.44. The SMILES string of the molecule is C=C(C)C(=C)S(=O)O. The van der Waals surface area contributed by atoms with E-state index < -0.39 is 11.1 Å². The number of allylic oxidation sites excluding steroid dienone is 1. The van der Waals surface area contributed by atoms with E-state index in [9.17, 15) is 4.21 Å². The summed E-state index contributed by atoms with van der Waals surface area (Å²) in [4.78, 5) is 0.185. The minimum atomic E-state index is -1.93. The van der Waals surface area contributed by atoms with E-state index in [2.05, 4.69) is 13.2 Å². The summed E-state index contributed by atoms with van der Waals surface area (Å²) < 4.78 is 18.4. The van der Waals surface area contributed by atoms with Crippen LogP contribution in [0.3, 0.4) is 0 Å². The molecule has 0 aliphatic rings. The van der Waals surface area contributed by atoms with Crippen LogP contribution >= 0.6 is 0 Å². The first-order chi connectivity index (χ1) is 3.55. The highest BCUT2D eigenvalue weighted by Crippen LogP contribution is 2.05. The van der Waals surface area contributed by atoms with E-state index in [4.69, 9.17) is 4.55 Å². The zero-order valence-corrected chi connectivity index (χ0v) is 5.49. The van der Waals surface area contributed by atoms with Gasteiger partial charge in [-0.25, -0.2) is 4.21 Å². The van der Waals surface area contributed by atoms with Gasteiger partial charge in [0.15, 0.2) is 11.1 Å². The lowest BCUT2D eigenvalue weighted by atomic mass is 10.3. The summed E-state index contributed by atoms with van der Waals surface area (Å²) in [5, 5.41) is 0. The van der Waals surface area contributed by atoms with Crippen LogP contribution in [-0.4, -0.2) is 8.76 Å². The second-order valence-electron chi connectivity index (χ2n) is 1.45. The molecule has 0 aromatic heterocycles. The molecule has 0 aliphatic heterocycles. The zero-order chi connectivity index (χ0) is 6.73. The summed E-state index contributed by atoms with van der Waals surface area (Å²) >= 11 is -1.93. The Balaban J connectivity index is 4.05. The van der Waals surface area contributed by atoms with Gasteiger partial charge in [0.25, 0.3) is 0 Å². The van der Waals surface area contributed by atoms with Gasteiger partial charge in [0.2, 0.25) is 0 Å². The molecule has 0 saturated carbocycles. The highest BCUT2D eigenvalue weighted by Gasteiger charge is 1.98. The Hall–Kier alpha value is -0.410. The van der Waals surface area contributed by atoms with Crippen molar-refractivity contribution >= 4 is 11.1 Å². The van der Waals surface area contributed by atoms with Crippen LogP contribution in [0, 0.1) is 0 Å². The molecular formula is C5H8O2S. The highest BCUT2D eigenvalue weighted by atomic mass is 32.2. The standard InChI is InChI=1S/C5H8O2S/c1-4(2)5(3)8(6)7/h1,3H2,2H3,(H,6,7). The van der Waals surface area contributed by atoms with E-state index in [0.717, 1.165) is 0 Å². The van der Waals surface area contributed by atoms with Gasteiger partial charge in [-0.3, -0.25) is 0 Å². The number of rotatable bonds is 2. The molecule has 0 rings (SSSR count). The topological polar surface area (TPSA) is 37.3 Å². The maximum absolute atomic E-state index is 10.1. The predicted molar refractivity (Wildman–Crippen MR) is 34.7 cm³/mol. The van der Waals surface area contributed by atoms with E-state index in [1.165, 1.54) is 0 Å². The van der Waals surface area contributed by atoms with Gasteiger partial charge in [0, 0.05) is 0 Å². The lowest BCUT2D eigenvalue weighted by molar-refractivity contribution is 0.572. The molecule has 0 fully saturated rings. The smallest absolute Gasteiger partial charge is 0.186 e. The lowest BCUT2D eigenvalue weighted by Gasteiger charge is -1.94. The number of hydrogen-bond acceptors (Lipinski definition) is 1. The Labute approximate surface area is 51.2 Å². The highest BCUT2D eigenvalue weighted by molar-refractivity contribution is 7.83. The summed E-state index contributed by atoms with van der Waals surface area (Å²) in [5.41, 5.74) is 0.547. The molecule has 46 valence electrons. The van der Waals surface area contributed by atoms with Crippen LogP contribution in [0.15, 0.2) is 23.6 Å². The molecule has 1 atom stereocenters. The number of hydrogen-bond donors (Lipinski definition) is 1. The van der Waals surface area contributed by atoms with E-state index in [0.29, 0.717) is 5.57 Å². The first kappa shape index (κ1) is 7.59. The van der Waals surface area contributed by atoms with Crippen LogP contribution in [0.25, 0.3) is 0 Å². The average Bonchev–Trinajstić information content (AvgIpc) is 1.64. The van der Waals surface area contributed by atoms with E-state index in [1.807, 2.05) is 0 Å². The van der Waals surface area contributed by atoms with Crippen molar-refractivity contribution < 1.29 is 8.76 Å². The van der Waals surface area contributed by atoms with Crippen molar-refractivity contribution in [1.29, 1.82) is 0 Å². The maximum Gasteiger partial charge on any atom is 0.186 e. The monoisotopic (exact) mass is 132 g/mol.